The van der Waals surface area contributed by atoms with E-state index in [0.717, 1.165) is 11.2 Å². The van der Waals surface area contributed by atoms with Crippen LogP contribution in [0.25, 0.3) is 11.2 Å². The zero-order chi connectivity index (χ0) is 14.3. The predicted molar refractivity (Wildman–Crippen MR) is 82.5 cm³/mol. The monoisotopic (exact) mass is 292 g/mol. The van der Waals surface area contributed by atoms with Crippen LogP contribution < -0.4 is 9.75 Å². The Morgan fingerprint density at radius 3 is 2.65 bits per heavy atom. The van der Waals surface area contributed by atoms with Crippen LogP contribution in [-0.2, 0) is 0 Å². The highest BCUT2D eigenvalue weighted by atomic mass is 32.1. The molecule has 108 valence electrons. The van der Waals surface area contributed by atoms with Crippen LogP contribution in [0.4, 0.5) is 0 Å². The van der Waals surface area contributed by atoms with Gasteiger partial charge in [-0.25, -0.2) is 4.68 Å². The molecule has 0 bridgehead atoms. The first kappa shape index (κ1) is 13.4. The molecule has 20 heavy (non-hydrogen) atoms. The van der Waals surface area contributed by atoms with Gasteiger partial charge in [0, 0.05) is 18.2 Å². The molecule has 0 saturated carbocycles. The lowest BCUT2D eigenvalue weighted by Gasteiger charge is -2.40. The van der Waals surface area contributed by atoms with Crippen molar-refractivity contribution in [3.63, 3.8) is 0 Å². The number of nitrogens with zero attached hydrogens (tertiary/aromatic N) is 3. The molecule has 3 heterocycles. The number of aromatic nitrogens is 3. The number of rotatable bonds is 2. The SMILES string of the molecule is COc1ccc2[nH]c(=S)n(N3C(C)CCCC3C)c2n1. The standard InChI is InChI=1S/C14H20N4OS/c1-9-5-4-6-10(2)17(9)18-13-11(15-14(18)20)7-8-12(16-13)19-3/h7-10H,4-6H2,1-3H3,(H,15,20). The Balaban J connectivity index is 2.18. The molecule has 2 atom stereocenters. The zero-order valence-corrected chi connectivity index (χ0v) is 12.9. The third kappa shape index (κ3) is 2.08. The summed E-state index contributed by atoms with van der Waals surface area (Å²) < 4.78 is 7.98. The fraction of sp³-hybridized carbons (Fsp3) is 0.571. The van der Waals surface area contributed by atoms with E-state index < -0.39 is 0 Å². The maximum absolute atomic E-state index is 5.50. The number of piperidine rings is 1. The second kappa shape index (κ2) is 5.09. The minimum absolute atomic E-state index is 0.456. The number of methoxy groups -OCH3 is 1. The molecule has 3 rings (SSSR count). The zero-order valence-electron chi connectivity index (χ0n) is 12.1. The Morgan fingerprint density at radius 2 is 2.00 bits per heavy atom. The van der Waals surface area contributed by atoms with Crippen molar-refractivity contribution in [2.45, 2.75) is 45.2 Å². The highest BCUT2D eigenvalue weighted by molar-refractivity contribution is 7.71. The number of nitrogens with one attached hydrogen (secondary N) is 1. The van der Waals surface area contributed by atoms with E-state index >= 15 is 0 Å². The molecule has 5 nitrogen and oxygen atoms in total. The smallest absolute Gasteiger partial charge is 0.215 e. The molecule has 1 aliphatic rings. The second-order valence-electron chi connectivity index (χ2n) is 5.48. The average molecular weight is 292 g/mol. The normalized spacial score (nSPS) is 23.2. The van der Waals surface area contributed by atoms with Gasteiger partial charge in [0.1, 0.15) is 0 Å². The van der Waals surface area contributed by atoms with Gasteiger partial charge in [0.25, 0.3) is 0 Å². The van der Waals surface area contributed by atoms with Crippen molar-refractivity contribution in [3.8, 4) is 5.88 Å². The van der Waals surface area contributed by atoms with Crippen molar-refractivity contribution in [1.82, 2.24) is 14.6 Å². The van der Waals surface area contributed by atoms with Crippen molar-refractivity contribution in [2.75, 3.05) is 12.1 Å². The Morgan fingerprint density at radius 1 is 1.30 bits per heavy atom. The Kier molecular flexibility index (Phi) is 3.41. The Hall–Kier alpha value is -1.56. The van der Waals surface area contributed by atoms with Crippen molar-refractivity contribution in [2.24, 2.45) is 0 Å². The predicted octanol–water partition coefficient (Wildman–Crippen LogP) is 3.00. The third-order valence-corrected chi connectivity index (χ3v) is 4.35. The van der Waals surface area contributed by atoms with E-state index in [4.69, 9.17) is 17.0 Å². The van der Waals surface area contributed by atoms with Crippen LogP contribution >= 0.6 is 12.2 Å². The van der Waals surface area contributed by atoms with Crippen LogP contribution in [0.1, 0.15) is 33.1 Å². The lowest BCUT2D eigenvalue weighted by molar-refractivity contribution is 0.337. The van der Waals surface area contributed by atoms with Crippen molar-refractivity contribution in [1.29, 1.82) is 0 Å². The number of aromatic amines is 1. The van der Waals surface area contributed by atoms with Gasteiger partial charge in [0.05, 0.1) is 12.6 Å². The van der Waals surface area contributed by atoms with Crippen molar-refractivity contribution in [3.05, 3.63) is 16.9 Å². The summed E-state index contributed by atoms with van der Waals surface area (Å²) in [4.78, 5) is 7.79. The summed E-state index contributed by atoms with van der Waals surface area (Å²) in [5.74, 6) is 0.609. The maximum Gasteiger partial charge on any atom is 0.215 e. The molecule has 0 amide bonds. The van der Waals surface area contributed by atoms with Gasteiger partial charge < -0.3 is 14.7 Å². The molecule has 1 fully saturated rings. The lowest BCUT2D eigenvalue weighted by Crippen LogP contribution is -2.51. The van der Waals surface area contributed by atoms with Crippen molar-refractivity contribution >= 4 is 23.4 Å². The van der Waals surface area contributed by atoms with Crippen LogP contribution in [-0.4, -0.2) is 33.8 Å². The molecule has 0 aromatic carbocycles. The van der Waals surface area contributed by atoms with Gasteiger partial charge >= 0.3 is 0 Å². The molecule has 6 heteroatoms. The van der Waals surface area contributed by atoms with E-state index in [-0.39, 0.29) is 0 Å². The highest BCUT2D eigenvalue weighted by Crippen LogP contribution is 2.25. The fourth-order valence-electron chi connectivity index (χ4n) is 3.08. The molecule has 2 aromatic rings. The summed E-state index contributed by atoms with van der Waals surface area (Å²) >= 11 is 5.50. The summed E-state index contributed by atoms with van der Waals surface area (Å²) in [6, 6.07) is 4.73. The first-order valence-electron chi connectivity index (χ1n) is 7.06. The summed E-state index contributed by atoms with van der Waals surface area (Å²) in [6.45, 7) is 4.49. The van der Waals surface area contributed by atoms with Gasteiger partial charge in [-0.3, -0.25) is 0 Å². The molecule has 0 radical (unpaired) electrons. The van der Waals surface area contributed by atoms with Gasteiger partial charge in [0.15, 0.2) is 10.4 Å². The van der Waals surface area contributed by atoms with Gasteiger partial charge in [-0.15, -0.1) is 0 Å². The van der Waals surface area contributed by atoms with E-state index in [0.29, 0.717) is 22.7 Å². The van der Waals surface area contributed by atoms with Crippen LogP contribution in [0.2, 0.25) is 0 Å². The quantitative estimate of drug-likeness (QED) is 0.864. The van der Waals surface area contributed by atoms with Crippen LogP contribution in [0.15, 0.2) is 12.1 Å². The number of H-pyrrole nitrogens is 1. The number of hydrogen-bond acceptors (Lipinski definition) is 4. The molecule has 2 aromatic heterocycles. The molecular formula is C14H20N4OS. The number of hydrogen-bond donors (Lipinski definition) is 1. The number of fused-ring (bicyclic) bond motifs is 1. The van der Waals surface area contributed by atoms with E-state index in [2.05, 4.69) is 28.8 Å². The van der Waals surface area contributed by atoms with E-state index in [1.807, 2.05) is 16.8 Å². The maximum atomic E-state index is 5.50. The largest absolute Gasteiger partial charge is 0.481 e. The highest BCUT2D eigenvalue weighted by Gasteiger charge is 2.27. The van der Waals surface area contributed by atoms with Gasteiger partial charge in [-0.2, -0.15) is 4.98 Å². The first-order chi connectivity index (χ1) is 9.61. The van der Waals surface area contributed by atoms with Crippen LogP contribution in [0.5, 0.6) is 5.88 Å². The Bertz CT molecular complexity index is 667. The second-order valence-corrected chi connectivity index (χ2v) is 5.86. The molecule has 2 unspecified atom stereocenters. The summed E-state index contributed by atoms with van der Waals surface area (Å²) in [7, 11) is 1.63. The van der Waals surface area contributed by atoms with E-state index in [1.165, 1.54) is 19.3 Å². The van der Waals surface area contributed by atoms with Crippen LogP contribution in [0, 0.1) is 4.77 Å². The molecule has 0 aliphatic carbocycles. The number of imidazole rings is 1. The third-order valence-electron chi connectivity index (χ3n) is 4.07. The number of pyridine rings is 1. The van der Waals surface area contributed by atoms with Gasteiger partial charge in [0.2, 0.25) is 5.88 Å². The summed E-state index contributed by atoms with van der Waals surface area (Å²) in [5, 5.41) is 2.34. The van der Waals surface area contributed by atoms with E-state index in [9.17, 15) is 0 Å². The number of ether oxygens (including phenoxy) is 1. The topological polar surface area (TPSA) is 46.1 Å². The fourth-order valence-corrected chi connectivity index (χ4v) is 3.37. The lowest BCUT2D eigenvalue weighted by atomic mass is 10.00. The Labute approximate surface area is 123 Å². The molecular weight excluding hydrogens is 272 g/mol. The summed E-state index contributed by atoms with van der Waals surface area (Å²) in [5.41, 5.74) is 1.79. The molecule has 1 aliphatic heterocycles. The molecule has 1 N–H and O–H groups in total. The van der Waals surface area contributed by atoms with Gasteiger partial charge in [-0.05, 0) is 51.4 Å². The van der Waals surface area contributed by atoms with E-state index in [1.54, 1.807) is 7.11 Å². The first-order valence-corrected chi connectivity index (χ1v) is 7.47. The van der Waals surface area contributed by atoms with Gasteiger partial charge in [-0.1, -0.05) is 0 Å². The summed E-state index contributed by atoms with van der Waals surface area (Å²) in [6.07, 6.45) is 3.64. The van der Waals surface area contributed by atoms with Crippen molar-refractivity contribution < 1.29 is 4.74 Å². The minimum atomic E-state index is 0.456. The minimum Gasteiger partial charge on any atom is -0.481 e. The molecule has 0 spiro atoms. The average Bonchev–Trinajstić information content (AvgIpc) is 2.74. The molecule has 1 saturated heterocycles. The van der Waals surface area contributed by atoms with Crippen LogP contribution in [0.3, 0.4) is 0 Å².